The van der Waals surface area contributed by atoms with Gasteiger partial charge in [0.1, 0.15) is 0 Å². The lowest BCUT2D eigenvalue weighted by molar-refractivity contribution is 0.239. The van der Waals surface area contributed by atoms with Gasteiger partial charge in [0.25, 0.3) is 0 Å². The minimum atomic E-state index is -0.188. The molecule has 88 valence electrons. The molecule has 0 heterocycles. The summed E-state index contributed by atoms with van der Waals surface area (Å²) in [5.41, 5.74) is 5.51. The smallest absolute Gasteiger partial charge is 0.315 e. The number of unbranched alkanes of at least 4 members (excludes halogenated alkanes) is 1. The largest absolute Gasteiger partial charge is 0.392 e. The molecular weight excluding hydrogens is 210 g/mol. The monoisotopic (exact) mass is 231 g/mol. The molecule has 0 rings (SSSR count). The van der Waals surface area contributed by atoms with E-state index in [1.807, 2.05) is 6.92 Å². The molecule has 0 saturated carbocycles. The molecule has 0 aromatic rings. The molecule has 0 aromatic heterocycles. The highest BCUT2D eigenvalue weighted by Gasteiger charge is 2.12. The van der Waals surface area contributed by atoms with E-state index < -0.39 is 0 Å². The lowest BCUT2D eigenvalue weighted by atomic mass is 10.2. The van der Waals surface area contributed by atoms with E-state index in [-0.39, 0.29) is 12.1 Å². The molecule has 2 amide bonds. The van der Waals surface area contributed by atoms with Gasteiger partial charge in [0.05, 0.1) is 11.0 Å². The first-order valence-corrected chi connectivity index (χ1v) is 5.86. The zero-order valence-electron chi connectivity index (χ0n) is 9.51. The average Bonchev–Trinajstić information content (AvgIpc) is 2.17. The van der Waals surface area contributed by atoms with Crippen LogP contribution in [0.25, 0.3) is 0 Å². The number of rotatable bonds is 7. The highest BCUT2D eigenvalue weighted by atomic mass is 32.1. The number of nitrogens with two attached hydrogens (primary N) is 1. The first kappa shape index (κ1) is 14.2. The van der Waals surface area contributed by atoms with Crippen molar-refractivity contribution >= 4 is 23.2 Å². The Morgan fingerprint density at radius 1 is 1.40 bits per heavy atom. The normalized spacial score (nSPS) is 11.9. The van der Waals surface area contributed by atoms with E-state index >= 15 is 0 Å². The summed E-state index contributed by atoms with van der Waals surface area (Å²) in [6.45, 7) is 4.80. The predicted molar refractivity (Wildman–Crippen MR) is 66.9 cm³/mol. The van der Waals surface area contributed by atoms with Gasteiger partial charge < -0.3 is 16.4 Å². The van der Waals surface area contributed by atoms with Gasteiger partial charge >= 0.3 is 6.03 Å². The fraction of sp³-hybridized carbons (Fsp3) is 0.800. The highest BCUT2D eigenvalue weighted by molar-refractivity contribution is 7.80. The Balaban J connectivity index is 3.84. The maximum absolute atomic E-state index is 11.4. The van der Waals surface area contributed by atoms with Crippen molar-refractivity contribution in [3.63, 3.8) is 0 Å². The highest BCUT2D eigenvalue weighted by Crippen LogP contribution is 1.96. The summed E-state index contributed by atoms with van der Waals surface area (Å²) in [4.78, 5) is 11.7. The lowest BCUT2D eigenvalue weighted by Crippen LogP contribution is -2.47. The number of carbonyl (C=O) groups is 1. The second-order valence-corrected chi connectivity index (χ2v) is 3.97. The lowest BCUT2D eigenvalue weighted by Gasteiger charge is -2.16. The molecule has 0 aliphatic rings. The van der Waals surface area contributed by atoms with Crippen LogP contribution in [-0.2, 0) is 0 Å². The maximum atomic E-state index is 11.4. The topological polar surface area (TPSA) is 67.2 Å². The third-order valence-electron chi connectivity index (χ3n) is 2.04. The summed E-state index contributed by atoms with van der Waals surface area (Å²) in [5.74, 6) is 0. The summed E-state index contributed by atoms with van der Waals surface area (Å²) < 4.78 is 0. The molecule has 0 radical (unpaired) electrons. The van der Waals surface area contributed by atoms with Crippen molar-refractivity contribution < 1.29 is 4.79 Å². The van der Waals surface area contributed by atoms with Gasteiger partial charge in [0.2, 0.25) is 0 Å². The van der Waals surface area contributed by atoms with E-state index in [2.05, 4.69) is 17.6 Å². The average molecular weight is 231 g/mol. The second-order valence-electron chi connectivity index (χ2n) is 3.50. The second kappa shape index (κ2) is 8.47. The van der Waals surface area contributed by atoms with Crippen molar-refractivity contribution in [1.29, 1.82) is 0 Å². The first-order valence-electron chi connectivity index (χ1n) is 5.45. The van der Waals surface area contributed by atoms with Crippen LogP contribution in [0, 0.1) is 0 Å². The van der Waals surface area contributed by atoms with E-state index in [1.165, 1.54) is 0 Å². The molecule has 1 atom stereocenters. The summed E-state index contributed by atoms with van der Waals surface area (Å²) >= 11 is 4.87. The van der Waals surface area contributed by atoms with Crippen molar-refractivity contribution in [3.05, 3.63) is 0 Å². The molecule has 5 heteroatoms. The van der Waals surface area contributed by atoms with Gasteiger partial charge in [-0.2, -0.15) is 0 Å². The third kappa shape index (κ3) is 7.13. The van der Waals surface area contributed by atoms with Gasteiger partial charge in [-0.25, -0.2) is 4.79 Å². The van der Waals surface area contributed by atoms with Gasteiger partial charge in [-0.1, -0.05) is 38.9 Å². The van der Waals surface area contributed by atoms with Gasteiger partial charge in [-0.3, -0.25) is 0 Å². The molecule has 1 unspecified atom stereocenters. The summed E-state index contributed by atoms with van der Waals surface area (Å²) in [7, 11) is 0. The minimum absolute atomic E-state index is 0.185. The van der Waals surface area contributed by atoms with Crippen LogP contribution < -0.4 is 16.4 Å². The van der Waals surface area contributed by atoms with Crippen LogP contribution in [0.1, 0.15) is 39.5 Å². The van der Waals surface area contributed by atoms with Crippen molar-refractivity contribution in [2.24, 2.45) is 5.73 Å². The van der Waals surface area contributed by atoms with Crippen LogP contribution in [0.3, 0.4) is 0 Å². The molecule has 0 aliphatic heterocycles. The van der Waals surface area contributed by atoms with Gasteiger partial charge in [0, 0.05) is 6.54 Å². The summed E-state index contributed by atoms with van der Waals surface area (Å²) in [6, 6.07) is -0.374. The van der Waals surface area contributed by atoms with Crippen LogP contribution in [-0.4, -0.2) is 23.6 Å². The fourth-order valence-corrected chi connectivity index (χ4v) is 1.34. The van der Waals surface area contributed by atoms with Crippen LogP contribution in [0.15, 0.2) is 0 Å². The molecular formula is C10H21N3OS. The Bertz CT molecular complexity index is 209. The van der Waals surface area contributed by atoms with Crippen molar-refractivity contribution in [2.75, 3.05) is 6.54 Å². The van der Waals surface area contributed by atoms with E-state index in [0.717, 1.165) is 25.7 Å². The number of hydrogen-bond donors (Lipinski definition) is 3. The van der Waals surface area contributed by atoms with Crippen molar-refractivity contribution in [1.82, 2.24) is 10.6 Å². The zero-order chi connectivity index (χ0) is 11.7. The molecule has 0 saturated heterocycles. The maximum Gasteiger partial charge on any atom is 0.315 e. The van der Waals surface area contributed by atoms with E-state index in [9.17, 15) is 4.79 Å². The number of urea groups is 1. The number of amides is 2. The van der Waals surface area contributed by atoms with E-state index in [4.69, 9.17) is 18.0 Å². The number of thiocarbonyl (C=S) groups is 1. The fourth-order valence-electron chi connectivity index (χ4n) is 1.16. The Hall–Kier alpha value is -0.840. The zero-order valence-corrected chi connectivity index (χ0v) is 10.3. The summed E-state index contributed by atoms with van der Waals surface area (Å²) in [5, 5.41) is 5.52. The molecule has 4 nitrogen and oxygen atoms in total. The summed E-state index contributed by atoms with van der Waals surface area (Å²) in [6.07, 6.45) is 3.78. The Kier molecular flexibility index (Phi) is 7.99. The standard InChI is InChI=1S/C10H21N3OS/c1-3-5-7-12-10(14)13-8(6-4-2)9(11)15/h8H,3-7H2,1-2H3,(H2,11,15)(H2,12,13,14). The van der Waals surface area contributed by atoms with Crippen LogP contribution in [0.5, 0.6) is 0 Å². The first-order chi connectivity index (χ1) is 7.11. The molecule has 0 aliphatic carbocycles. The van der Waals surface area contributed by atoms with Gasteiger partial charge in [-0.05, 0) is 12.8 Å². The Morgan fingerprint density at radius 2 is 2.07 bits per heavy atom. The number of nitrogens with one attached hydrogen (secondary N) is 2. The van der Waals surface area contributed by atoms with Gasteiger partial charge in [-0.15, -0.1) is 0 Å². The van der Waals surface area contributed by atoms with E-state index in [0.29, 0.717) is 11.5 Å². The van der Waals surface area contributed by atoms with Crippen LogP contribution >= 0.6 is 12.2 Å². The third-order valence-corrected chi connectivity index (χ3v) is 2.33. The molecule has 0 spiro atoms. The SMILES string of the molecule is CCCCNC(=O)NC(CCC)C(N)=S. The Labute approximate surface area is 97.0 Å². The predicted octanol–water partition coefficient (Wildman–Crippen LogP) is 1.54. The van der Waals surface area contributed by atoms with Crippen LogP contribution in [0.2, 0.25) is 0 Å². The molecule has 15 heavy (non-hydrogen) atoms. The van der Waals surface area contributed by atoms with Crippen LogP contribution in [0.4, 0.5) is 4.79 Å². The molecule has 4 N–H and O–H groups in total. The van der Waals surface area contributed by atoms with E-state index in [1.54, 1.807) is 0 Å². The van der Waals surface area contributed by atoms with Crippen molar-refractivity contribution in [2.45, 2.75) is 45.6 Å². The molecule has 0 aromatic carbocycles. The molecule has 0 bridgehead atoms. The minimum Gasteiger partial charge on any atom is -0.392 e. The van der Waals surface area contributed by atoms with Crippen molar-refractivity contribution in [3.8, 4) is 0 Å². The molecule has 0 fully saturated rings. The number of hydrogen-bond acceptors (Lipinski definition) is 2. The Morgan fingerprint density at radius 3 is 2.53 bits per heavy atom. The quantitative estimate of drug-likeness (QED) is 0.460. The number of carbonyl (C=O) groups excluding carboxylic acids is 1. The van der Waals surface area contributed by atoms with Gasteiger partial charge in [0.15, 0.2) is 0 Å².